The van der Waals surface area contributed by atoms with Crippen molar-refractivity contribution in [2.45, 2.75) is 4.90 Å². The van der Waals surface area contributed by atoms with Gasteiger partial charge in [-0.3, -0.25) is 0 Å². The molecule has 0 fully saturated rings. The molecule has 1 aromatic carbocycles. The van der Waals surface area contributed by atoms with Crippen LogP contribution in [0.5, 0.6) is 0 Å². The van der Waals surface area contributed by atoms with Crippen molar-refractivity contribution in [3.8, 4) is 0 Å². The average molecular weight is 268 g/mol. The van der Waals surface area contributed by atoms with Gasteiger partial charge in [0.15, 0.2) is 0 Å². The third-order valence-corrected chi connectivity index (χ3v) is 3.40. The lowest BCUT2D eigenvalue weighted by Gasteiger charge is -2.06. The predicted molar refractivity (Wildman–Crippen MR) is 63.7 cm³/mol. The van der Waals surface area contributed by atoms with Crippen molar-refractivity contribution < 1.29 is 12.8 Å². The zero-order valence-electron chi connectivity index (χ0n) is 9.04. The van der Waals surface area contributed by atoms with Crippen molar-refractivity contribution in [3.05, 3.63) is 42.5 Å². The van der Waals surface area contributed by atoms with Crippen molar-refractivity contribution >= 4 is 21.7 Å². The maximum absolute atomic E-state index is 12.9. The summed E-state index contributed by atoms with van der Waals surface area (Å²) in [6, 6.07) is 4.67. The van der Waals surface area contributed by atoms with Crippen molar-refractivity contribution in [3.63, 3.8) is 0 Å². The molecule has 0 saturated heterocycles. The first-order valence-corrected chi connectivity index (χ1v) is 6.32. The number of nitrogens with two attached hydrogens (primary N) is 1. The fourth-order valence-electron chi connectivity index (χ4n) is 1.22. The second-order valence-electron chi connectivity index (χ2n) is 3.36. The van der Waals surface area contributed by atoms with Gasteiger partial charge >= 0.3 is 0 Å². The van der Waals surface area contributed by atoms with Crippen LogP contribution in [0.1, 0.15) is 0 Å². The van der Waals surface area contributed by atoms with Gasteiger partial charge in [-0.25, -0.2) is 27.5 Å². The molecule has 2 aromatic rings. The van der Waals surface area contributed by atoms with E-state index in [-0.39, 0.29) is 16.5 Å². The number of nitrogen functional groups attached to an aromatic ring is 1. The van der Waals surface area contributed by atoms with E-state index in [0.717, 1.165) is 18.2 Å². The van der Waals surface area contributed by atoms with Crippen LogP contribution >= 0.6 is 0 Å². The summed E-state index contributed by atoms with van der Waals surface area (Å²) in [5.41, 5.74) is 5.07. The second kappa shape index (κ2) is 4.57. The van der Waals surface area contributed by atoms with E-state index in [1.165, 1.54) is 12.4 Å². The number of nitrogens with one attached hydrogen (secondary N) is 1. The highest BCUT2D eigenvalue weighted by Gasteiger charge is 2.16. The van der Waals surface area contributed by atoms with Crippen LogP contribution in [0, 0.1) is 5.82 Å². The lowest BCUT2D eigenvalue weighted by molar-refractivity contribution is 0.599. The van der Waals surface area contributed by atoms with E-state index in [1.807, 2.05) is 0 Å². The van der Waals surface area contributed by atoms with Gasteiger partial charge in [0.25, 0.3) is 10.0 Å². The number of anilines is 2. The molecule has 0 radical (unpaired) electrons. The topological polar surface area (TPSA) is 98.0 Å². The smallest absolute Gasteiger partial charge is 0.264 e. The molecule has 18 heavy (non-hydrogen) atoms. The highest BCUT2D eigenvalue weighted by Crippen LogP contribution is 2.18. The van der Waals surface area contributed by atoms with Gasteiger partial charge in [-0.1, -0.05) is 0 Å². The summed E-state index contributed by atoms with van der Waals surface area (Å²) in [5, 5.41) is 0. The van der Waals surface area contributed by atoms with Crippen molar-refractivity contribution in [1.29, 1.82) is 0 Å². The summed E-state index contributed by atoms with van der Waals surface area (Å²) in [6.07, 6.45) is 2.79. The Bertz CT molecular complexity index is 661. The number of sulfonamides is 1. The second-order valence-corrected chi connectivity index (χ2v) is 5.04. The largest absolute Gasteiger partial charge is 0.396 e. The van der Waals surface area contributed by atoms with Gasteiger partial charge in [0.05, 0.1) is 10.6 Å². The molecule has 0 spiro atoms. The van der Waals surface area contributed by atoms with Crippen molar-refractivity contribution in [1.82, 2.24) is 9.97 Å². The molecule has 1 heterocycles. The van der Waals surface area contributed by atoms with Crippen molar-refractivity contribution in [2.75, 3.05) is 10.5 Å². The predicted octanol–water partition coefficient (Wildman–Crippen LogP) is 0.999. The lowest BCUT2D eigenvalue weighted by atomic mass is 10.3. The van der Waals surface area contributed by atoms with E-state index in [9.17, 15) is 12.8 Å². The molecule has 0 bridgehead atoms. The van der Waals surface area contributed by atoms with Gasteiger partial charge in [-0.05, 0) is 24.3 Å². The Kier molecular flexibility index (Phi) is 3.11. The van der Waals surface area contributed by atoms with Crippen molar-refractivity contribution in [2.24, 2.45) is 0 Å². The highest BCUT2D eigenvalue weighted by atomic mass is 32.2. The molecule has 0 aliphatic heterocycles. The number of nitrogens with zero attached hydrogens (tertiary/aromatic N) is 2. The van der Waals surface area contributed by atoms with E-state index < -0.39 is 15.8 Å². The molecule has 3 N–H and O–H groups in total. The fourth-order valence-corrected chi connectivity index (χ4v) is 2.21. The maximum Gasteiger partial charge on any atom is 0.264 e. The third kappa shape index (κ3) is 2.54. The van der Waals surface area contributed by atoms with E-state index in [0.29, 0.717) is 0 Å². The SMILES string of the molecule is Nc1cc(S(=O)(=O)Nc2ncccn2)ccc1F. The molecule has 0 saturated carbocycles. The molecule has 0 unspecified atom stereocenters. The van der Waals surface area contributed by atoms with Crippen LogP contribution in [-0.2, 0) is 10.0 Å². The summed E-state index contributed by atoms with van der Waals surface area (Å²) in [7, 11) is -3.87. The van der Waals surface area contributed by atoms with Crippen LogP contribution in [0.15, 0.2) is 41.6 Å². The third-order valence-electron chi connectivity index (χ3n) is 2.07. The Morgan fingerprint density at radius 2 is 1.89 bits per heavy atom. The van der Waals surface area contributed by atoms with Crippen LogP contribution in [0.2, 0.25) is 0 Å². The molecule has 0 aliphatic carbocycles. The quantitative estimate of drug-likeness (QED) is 0.809. The van der Waals surface area contributed by atoms with Crippen LogP contribution in [0.3, 0.4) is 0 Å². The van der Waals surface area contributed by atoms with E-state index in [4.69, 9.17) is 5.73 Å². The Balaban J connectivity index is 2.34. The number of benzene rings is 1. The number of hydrogen-bond acceptors (Lipinski definition) is 5. The zero-order chi connectivity index (χ0) is 13.2. The fraction of sp³-hybridized carbons (Fsp3) is 0. The molecule has 8 heteroatoms. The molecule has 1 aromatic heterocycles. The van der Waals surface area contributed by atoms with Crippen LogP contribution in [0.4, 0.5) is 16.0 Å². The minimum absolute atomic E-state index is 0.0691. The Morgan fingerprint density at radius 1 is 1.22 bits per heavy atom. The lowest BCUT2D eigenvalue weighted by Crippen LogP contribution is -2.15. The first-order valence-electron chi connectivity index (χ1n) is 4.84. The van der Waals surface area contributed by atoms with E-state index >= 15 is 0 Å². The van der Waals surface area contributed by atoms with Crippen LogP contribution in [-0.4, -0.2) is 18.4 Å². The summed E-state index contributed by atoms with van der Waals surface area (Å²) >= 11 is 0. The number of rotatable bonds is 3. The molecule has 2 rings (SSSR count). The Labute approximate surface area is 103 Å². The number of hydrogen-bond donors (Lipinski definition) is 2. The first kappa shape index (κ1) is 12.2. The van der Waals surface area contributed by atoms with Gasteiger partial charge in [0.1, 0.15) is 5.82 Å². The minimum Gasteiger partial charge on any atom is -0.396 e. The highest BCUT2D eigenvalue weighted by molar-refractivity contribution is 7.92. The number of aromatic nitrogens is 2. The van der Waals surface area contributed by atoms with Crippen LogP contribution in [0.25, 0.3) is 0 Å². The Morgan fingerprint density at radius 3 is 2.50 bits per heavy atom. The molecular weight excluding hydrogens is 259 g/mol. The van der Waals surface area contributed by atoms with Gasteiger partial charge in [-0.15, -0.1) is 0 Å². The van der Waals surface area contributed by atoms with Gasteiger partial charge in [0.2, 0.25) is 5.95 Å². The van der Waals surface area contributed by atoms with Crippen LogP contribution < -0.4 is 10.5 Å². The van der Waals surface area contributed by atoms with Gasteiger partial charge in [-0.2, -0.15) is 0 Å². The van der Waals surface area contributed by atoms with E-state index in [1.54, 1.807) is 6.07 Å². The molecular formula is C10H9FN4O2S. The van der Waals surface area contributed by atoms with E-state index in [2.05, 4.69) is 14.7 Å². The number of halogens is 1. The van der Waals surface area contributed by atoms with Gasteiger partial charge < -0.3 is 5.73 Å². The monoisotopic (exact) mass is 268 g/mol. The molecule has 0 aliphatic rings. The average Bonchev–Trinajstić information content (AvgIpc) is 2.33. The molecule has 6 nitrogen and oxygen atoms in total. The summed E-state index contributed by atoms with van der Waals surface area (Å²) < 4.78 is 38.9. The maximum atomic E-state index is 12.9. The molecule has 0 amide bonds. The molecule has 94 valence electrons. The summed E-state index contributed by atoms with van der Waals surface area (Å²) in [6.45, 7) is 0. The minimum atomic E-state index is -3.87. The molecule has 0 atom stereocenters. The Hall–Kier alpha value is -2.22. The first-order chi connectivity index (χ1) is 8.49. The normalized spacial score (nSPS) is 11.2. The standard InChI is InChI=1S/C10H9FN4O2S/c11-8-3-2-7(6-9(8)12)18(16,17)15-10-13-4-1-5-14-10/h1-6H,12H2,(H,13,14,15). The zero-order valence-corrected chi connectivity index (χ0v) is 9.86. The summed E-state index contributed by atoms with van der Waals surface area (Å²) in [5.74, 6) is -0.745. The van der Waals surface area contributed by atoms with Gasteiger partial charge in [0, 0.05) is 12.4 Å². The summed E-state index contributed by atoms with van der Waals surface area (Å²) in [4.78, 5) is 7.29.